The molecule has 0 aliphatic carbocycles. The summed E-state index contributed by atoms with van der Waals surface area (Å²) < 4.78 is 0. The second-order valence-electron chi connectivity index (χ2n) is 7.67. The summed E-state index contributed by atoms with van der Waals surface area (Å²) in [4.78, 5) is 28.3. The number of rotatable bonds is 6. The van der Waals surface area contributed by atoms with Gasteiger partial charge in [0.1, 0.15) is 0 Å². The van der Waals surface area contributed by atoms with Gasteiger partial charge in [0.25, 0.3) is 0 Å². The zero-order valence-corrected chi connectivity index (χ0v) is 17.6. The third-order valence-corrected chi connectivity index (χ3v) is 6.75. The average Bonchev–Trinajstić information content (AvgIpc) is 3.41. The Morgan fingerprint density at radius 1 is 1.10 bits per heavy atom. The van der Waals surface area contributed by atoms with Crippen molar-refractivity contribution >= 4 is 33.4 Å². The number of hydrogen-bond acceptors (Lipinski definition) is 6. The van der Waals surface area contributed by atoms with E-state index in [4.69, 9.17) is 0 Å². The predicted octanol–water partition coefficient (Wildman–Crippen LogP) is 2.76. The molecule has 0 radical (unpaired) electrons. The van der Waals surface area contributed by atoms with Gasteiger partial charge in [0.15, 0.2) is 0 Å². The van der Waals surface area contributed by atoms with Gasteiger partial charge >= 0.3 is 0 Å². The molecule has 7 nitrogen and oxygen atoms in total. The molecule has 2 fully saturated rings. The minimum Gasteiger partial charge on any atom is -0.352 e. The number of carbonyl (C=O) groups is 2. The van der Waals surface area contributed by atoms with E-state index in [1.54, 1.807) is 4.90 Å². The van der Waals surface area contributed by atoms with Gasteiger partial charge in [0, 0.05) is 38.5 Å². The maximum Gasteiger partial charge on any atom is 0.228 e. The highest BCUT2D eigenvalue weighted by atomic mass is 32.1. The van der Waals surface area contributed by atoms with Crippen molar-refractivity contribution in [1.29, 1.82) is 0 Å². The van der Waals surface area contributed by atoms with Crippen molar-refractivity contribution in [2.24, 2.45) is 5.92 Å². The van der Waals surface area contributed by atoms with E-state index >= 15 is 0 Å². The number of nitrogens with one attached hydrogen (secondary N) is 1. The average molecular weight is 414 g/mol. The number of amides is 2. The van der Waals surface area contributed by atoms with Gasteiger partial charge in [-0.05, 0) is 36.8 Å². The highest BCUT2D eigenvalue weighted by Crippen LogP contribution is 2.32. The van der Waals surface area contributed by atoms with Crippen LogP contribution in [0.1, 0.15) is 43.7 Å². The largest absolute Gasteiger partial charge is 0.352 e. The molecular formula is C21H27N5O2S. The van der Waals surface area contributed by atoms with E-state index in [0.717, 1.165) is 56.0 Å². The molecule has 2 aliphatic rings. The number of nitrogens with zero attached hydrogens (tertiary/aromatic N) is 4. The molecule has 0 spiro atoms. The number of hydrogen-bond donors (Lipinski definition) is 1. The Bertz CT molecular complexity index is 858. The van der Waals surface area contributed by atoms with Crippen LogP contribution in [0.5, 0.6) is 0 Å². The number of anilines is 2. The van der Waals surface area contributed by atoms with E-state index in [-0.39, 0.29) is 17.7 Å². The molecule has 0 bridgehead atoms. The maximum atomic E-state index is 12.6. The normalized spacial score (nSPS) is 17.8. The van der Waals surface area contributed by atoms with Crippen LogP contribution >= 0.6 is 11.3 Å². The molecule has 0 atom stereocenters. The van der Waals surface area contributed by atoms with Crippen LogP contribution in [0.25, 0.3) is 0 Å². The van der Waals surface area contributed by atoms with Crippen molar-refractivity contribution < 1.29 is 9.59 Å². The third-order valence-electron chi connectivity index (χ3n) is 5.74. The molecule has 0 saturated carbocycles. The fourth-order valence-corrected chi connectivity index (χ4v) is 4.80. The van der Waals surface area contributed by atoms with Gasteiger partial charge in [-0.25, -0.2) is 0 Å². The number of aromatic nitrogens is 2. The summed E-state index contributed by atoms with van der Waals surface area (Å²) in [6.45, 7) is 5.01. The molecule has 1 aromatic carbocycles. The SMILES string of the molecule is CCc1ccc(CNC(=O)C2CCN(c3nnc(N4CCCC4=O)s3)CC2)cc1. The Morgan fingerprint density at radius 3 is 2.45 bits per heavy atom. The van der Waals surface area contributed by atoms with Gasteiger partial charge in [0.2, 0.25) is 22.1 Å². The second-order valence-corrected chi connectivity index (χ2v) is 8.60. The van der Waals surface area contributed by atoms with Gasteiger partial charge in [-0.1, -0.05) is 42.5 Å². The zero-order valence-electron chi connectivity index (χ0n) is 16.8. The minimum atomic E-state index is 0.0358. The van der Waals surface area contributed by atoms with Gasteiger partial charge < -0.3 is 10.2 Å². The lowest BCUT2D eigenvalue weighted by molar-refractivity contribution is -0.125. The fourth-order valence-electron chi connectivity index (χ4n) is 3.85. The summed E-state index contributed by atoms with van der Waals surface area (Å²) in [5.74, 6) is 0.297. The van der Waals surface area contributed by atoms with Crippen LogP contribution in [0.4, 0.5) is 10.3 Å². The molecule has 8 heteroatoms. The molecule has 2 aromatic rings. The summed E-state index contributed by atoms with van der Waals surface area (Å²) in [5.41, 5.74) is 2.44. The van der Waals surface area contributed by atoms with Crippen molar-refractivity contribution in [1.82, 2.24) is 15.5 Å². The lowest BCUT2D eigenvalue weighted by atomic mass is 9.96. The van der Waals surface area contributed by atoms with Crippen LogP contribution in [0, 0.1) is 5.92 Å². The molecule has 2 aliphatic heterocycles. The summed E-state index contributed by atoms with van der Waals surface area (Å²) in [6, 6.07) is 8.40. The highest BCUT2D eigenvalue weighted by molar-refractivity contribution is 7.19. The first-order chi connectivity index (χ1) is 14.1. The van der Waals surface area contributed by atoms with Crippen molar-refractivity contribution in [3.05, 3.63) is 35.4 Å². The van der Waals surface area contributed by atoms with E-state index in [2.05, 4.69) is 51.6 Å². The molecule has 3 heterocycles. The van der Waals surface area contributed by atoms with Crippen LogP contribution in [0.2, 0.25) is 0 Å². The molecule has 1 aromatic heterocycles. The standard InChI is InChI=1S/C21H27N5O2S/c1-2-15-5-7-16(8-6-15)14-22-19(28)17-9-12-25(13-10-17)20-23-24-21(29-20)26-11-3-4-18(26)27/h5-8,17H,2-4,9-14H2,1H3,(H,22,28). The molecule has 0 unspecified atom stereocenters. The smallest absolute Gasteiger partial charge is 0.228 e. The van der Waals surface area contributed by atoms with Gasteiger partial charge in [-0.3, -0.25) is 14.5 Å². The lowest BCUT2D eigenvalue weighted by Crippen LogP contribution is -2.40. The van der Waals surface area contributed by atoms with E-state index < -0.39 is 0 Å². The first-order valence-corrected chi connectivity index (χ1v) is 11.2. The number of benzene rings is 1. The maximum absolute atomic E-state index is 12.6. The summed E-state index contributed by atoms with van der Waals surface area (Å²) in [5, 5.41) is 13.1. The van der Waals surface area contributed by atoms with E-state index in [1.807, 2.05) is 0 Å². The van der Waals surface area contributed by atoms with E-state index in [1.165, 1.54) is 16.9 Å². The summed E-state index contributed by atoms with van der Waals surface area (Å²) in [6.07, 6.45) is 4.11. The predicted molar refractivity (Wildman–Crippen MR) is 114 cm³/mol. The Hall–Kier alpha value is -2.48. The van der Waals surface area contributed by atoms with Gasteiger partial charge in [-0.15, -0.1) is 10.2 Å². The first-order valence-electron chi connectivity index (χ1n) is 10.4. The van der Waals surface area contributed by atoms with Crippen LogP contribution in [0.3, 0.4) is 0 Å². The van der Waals surface area contributed by atoms with Gasteiger partial charge in [-0.2, -0.15) is 0 Å². The van der Waals surface area contributed by atoms with Crippen molar-refractivity contribution in [3.8, 4) is 0 Å². The van der Waals surface area contributed by atoms with Crippen LogP contribution in [0.15, 0.2) is 24.3 Å². The summed E-state index contributed by atoms with van der Waals surface area (Å²) in [7, 11) is 0. The molecular weight excluding hydrogens is 386 g/mol. The van der Waals surface area contributed by atoms with Crippen LogP contribution < -0.4 is 15.1 Å². The molecule has 154 valence electrons. The summed E-state index contributed by atoms with van der Waals surface area (Å²) >= 11 is 1.47. The monoisotopic (exact) mass is 413 g/mol. The highest BCUT2D eigenvalue weighted by Gasteiger charge is 2.29. The Kier molecular flexibility index (Phi) is 6.08. The lowest BCUT2D eigenvalue weighted by Gasteiger charge is -2.30. The molecule has 1 N–H and O–H groups in total. The van der Waals surface area contributed by atoms with Crippen LogP contribution in [-0.2, 0) is 22.6 Å². The molecule has 2 amide bonds. The van der Waals surface area contributed by atoms with Crippen LogP contribution in [-0.4, -0.2) is 41.6 Å². The van der Waals surface area contributed by atoms with Crippen molar-refractivity contribution in [2.75, 3.05) is 29.4 Å². The molecule has 29 heavy (non-hydrogen) atoms. The quantitative estimate of drug-likeness (QED) is 0.788. The van der Waals surface area contributed by atoms with Gasteiger partial charge in [0.05, 0.1) is 0 Å². The van der Waals surface area contributed by atoms with E-state index in [9.17, 15) is 9.59 Å². The zero-order chi connectivity index (χ0) is 20.2. The first kappa shape index (κ1) is 19.8. The third kappa shape index (κ3) is 4.58. The Labute approximate surface area is 175 Å². The Balaban J connectivity index is 1.26. The van der Waals surface area contributed by atoms with Crippen molar-refractivity contribution in [3.63, 3.8) is 0 Å². The fraction of sp³-hybridized carbons (Fsp3) is 0.524. The number of carbonyl (C=O) groups excluding carboxylic acids is 2. The number of aryl methyl sites for hydroxylation is 1. The molecule has 4 rings (SSSR count). The second kappa shape index (κ2) is 8.90. The molecule has 2 saturated heterocycles. The van der Waals surface area contributed by atoms with Crippen molar-refractivity contribution in [2.45, 2.75) is 45.6 Å². The van der Waals surface area contributed by atoms with E-state index in [0.29, 0.717) is 18.1 Å². The topological polar surface area (TPSA) is 78.4 Å². The minimum absolute atomic E-state index is 0.0358. The Morgan fingerprint density at radius 2 is 1.79 bits per heavy atom. The number of piperidine rings is 1.